The first-order chi connectivity index (χ1) is 15.8. The molecule has 1 saturated heterocycles. The zero-order chi connectivity index (χ0) is 24.6. The highest BCUT2D eigenvalue weighted by Crippen LogP contribution is 2.19. The van der Waals surface area contributed by atoms with Gasteiger partial charge in [-0.2, -0.15) is 0 Å². The minimum absolute atomic E-state index is 0.333. The van der Waals surface area contributed by atoms with Gasteiger partial charge in [0, 0.05) is 31.6 Å². The Morgan fingerprint density at radius 3 is 1.48 bits per heavy atom. The fourth-order valence-corrected chi connectivity index (χ4v) is 4.56. The summed E-state index contributed by atoms with van der Waals surface area (Å²) in [5.74, 6) is 0.333. The maximum atomic E-state index is 12.9. The maximum Gasteiger partial charge on any atom is 0.223 e. The molecule has 0 spiro atoms. The minimum Gasteiger partial charge on any atom is -0.334 e. The molecule has 1 rings (SSSR count). The molecule has 3 heteroatoms. The first-order valence-electron chi connectivity index (χ1n) is 13.4. The zero-order valence-corrected chi connectivity index (χ0v) is 22.8. The third-order valence-electron chi connectivity index (χ3n) is 6.78. The van der Waals surface area contributed by atoms with E-state index in [9.17, 15) is 4.79 Å². The Balaban J connectivity index is 2.34. The number of amides is 1. The summed E-state index contributed by atoms with van der Waals surface area (Å²) in [6.07, 6.45) is 19.8. The van der Waals surface area contributed by atoms with Crippen LogP contribution in [0, 0.1) is 0 Å². The topological polar surface area (TPSA) is 32.3 Å². The molecule has 188 valence electrons. The molecule has 0 aliphatic carbocycles. The van der Waals surface area contributed by atoms with E-state index in [0.717, 1.165) is 64.5 Å². The number of nitrogens with one attached hydrogen (secondary N) is 1. The lowest BCUT2D eigenvalue weighted by Crippen LogP contribution is -2.58. The molecule has 0 saturated carbocycles. The van der Waals surface area contributed by atoms with E-state index in [0.29, 0.717) is 24.4 Å². The summed E-state index contributed by atoms with van der Waals surface area (Å²) in [6, 6.07) is 0.704. The highest BCUT2D eigenvalue weighted by Gasteiger charge is 2.31. The predicted molar refractivity (Wildman–Crippen MR) is 146 cm³/mol. The second kappa shape index (κ2) is 16.9. The van der Waals surface area contributed by atoms with Crippen LogP contribution < -0.4 is 5.32 Å². The molecule has 3 nitrogen and oxygen atoms in total. The van der Waals surface area contributed by atoms with Gasteiger partial charge in [0.2, 0.25) is 5.91 Å². The van der Waals surface area contributed by atoms with Crippen molar-refractivity contribution in [3.05, 3.63) is 46.6 Å². The summed E-state index contributed by atoms with van der Waals surface area (Å²) in [7, 11) is 0. The Bertz CT molecular complexity index is 682. The van der Waals surface area contributed by atoms with Crippen molar-refractivity contribution in [1.29, 1.82) is 0 Å². The Kier molecular flexibility index (Phi) is 15.1. The summed E-state index contributed by atoms with van der Waals surface area (Å²) in [6.45, 7) is 17.3. The lowest BCUT2D eigenvalue weighted by atomic mass is 10.0. The molecule has 0 bridgehead atoms. The molecule has 0 radical (unpaired) electrons. The largest absolute Gasteiger partial charge is 0.334 e. The van der Waals surface area contributed by atoms with Crippen molar-refractivity contribution in [1.82, 2.24) is 10.2 Å². The van der Waals surface area contributed by atoms with Gasteiger partial charge in [-0.15, -0.1) is 0 Å². The van der Waals surface area contributed by atoms with Crippen LogP contribution in [-0.4, -0.2) is 36.0 Å². The number of carbonyl (C=O) groups excluding carboxylic acids is 1. The van der Waals surface area contributed by atoms with Crippen LogP contribution in [0.1, 0.15) is 113 Å². The van der Waals surface area contributed by atoms with Crippen LogP contribution in [0.15, 0.2) is 46.6 Å². The van der Waals surface area contributed by atoms with E-state index in [1.54, 1.807) is 0 Å². The van der Waals surface area contributed by atoms with Crippen LogP contribution in [-0.2, 0) is 4.79 Å². The standard InChI is InChI=1S/C30H52N2O/c1-8-28-22-31-23-29(9-2)32(28)30(33)21-13-20-27(7)19-12-18-26(6)17-11-16-25(5)15-10-14-24(3)4/h14,16,18,20,28-29,31H,8-13,15,17,19,21-23H2,1-7H3/b25-16+,26-18+,27-20+. The van der Waals surface area contributed by atoms with Gasteiger partial charge in [0.05, 0.1) is 0 Å². The van der Waals surface area contributed by atoms with E-state index in [2.05, 4.69) is 83.0 Å². The Hall–Kier alpha value is -1.61. The molecule has 0 aromatic carbocycles. The fourth-order valence-electron chi connectivity index (χ4n) is 4.56. The Labute approximate surface area is 205 Å². The summed E-state index contributed by atoms with van der Waals surface area (Å²) in [4.78, 5) is 15.1. The zero-order valence-electron chi connectivity index (χ0n) is 22.8. The summed E-state index contributed by atoms with van der Waals surface area (Å²) in [5.41, 5.74) is 5.81. The van der Waals surface area contributed by atoms with Crippen LogP contribution in [0.25, 0.3) is 0 Å². The lowest BCUT2D eigenvalue weighted by Gasteiger charge is -2.42. The molecule has 0 aromatic rings. The monoisotopic (exact) mass is 456 g/mol. The van der Waals surface area contributed by atoms with Crippen LogP contribution >= 0.6 is 0 Å². The van der Waals surface area contributed by atoms with Crippen LogP contribution in [0.5, 0.6) is 0 Å². The van der Waals surface area contributed by atoms with Gasteiger partial charge in [-0.25, -0.2) is 0 Å². The number of rotatable bonds is 14. The van der Waals surface area contributed by atoms with E-state index in [1.165, 1.54) is 28.7 Å². The second-order valence-corrected chi connectivity index (χ2v) is 10.2. The van der Waals surface area contributed by atoms with Gasteiger partial charge < -0.3 is 10.2 Å². The number of nitrogens with zero attached hydrogens (tertiary/aromatic N) is 1. The number of piperazine rings is 1. The van der Waals surface area contributed by atoms with Gasteiger partial charge in [-0.05, 0) is 92.4 Å². The number of allylic oxidation sites excluding steroid dienone is 8. The van der Waals surface area contributed by atoms with Gasteiger partial charge in [0.1, 0.15) is 0 Å². The molecule has 1 aliphatic heterocycles. The molecule has 1 amide bonds. The molecule has 0 aromatic heterocycles. The molecule has 1 aliphatic rings. The minimum atomic E-state index is 0.333. The van der Waals surface area contributed by atoms with Crippen molar-refractivity contribution < 1.29 is 4.79 Å². The van der Waals surface area contributed by atoms with Gasteiger partial charge >= 0.3 is 0 Å². The van der Waals surface area contributed by atoms with Gasteiger partial charge in [-0.3, -0.25) is 4.79 Å². The van der Waals surface area contributed by atoms with Crippen LogP contribution in [0.4, 0.5) is 0 Å². The first-order valence-corrected chi connectivity index (χ1v) is 13.4. The lowest BCUT2D eigenvalue weighted by molar-refractivity contribution is -0.137. The molecule has 2 atom stereocenters. The fraction of sp³-hybridized carbons (Fsp3) is 0.700. The van der Waals surface area contributed by atoms with Gasteiger partial charge in [-0.1, -0.05) is 60.4 Å². The van der Waals surface area contributed by atoms with Crippen molar-refractivity contribution in [2.24, 2.45) is 0 Å². The van der Waals surface area contributed by atoms with Crippen molar-refractivity contribution in [2.45, 2.75) is 125 Å². The van der Waals surface area contributed by atoms with Gasteiger partial charge in [0.25, 0.3) is 0 Å². The molecule has 1 fully saturated rings. The number of hydrogen-bond acceptors (Lipinski definition) is 2. The summed E-state index contributed by atoms with van der Waals surface area (Å²) >= 11 is 0. The first kappa shape index (κ1) is 29.4. The SMILES string of the molecule is CCC1CNCC(CC)N1C(=O)CC/C=C(\C)CC/C=C(\C)CC/C=C(\C)CCC=C(C)C. The molecule has 1 heterocycles. The highest BCUT2D eigenvalue weighted by molar-refractivity contribution is 5.77. The molecular formula is C30H52N2O. The smallest absolute Gasteiger partial charge is 0.223 e. The quantitative estimate of drug-likeness (QED) is 0.269. The second-order valence-electron chi connectivity index (χ2n) is 10.2. The van der Waals surface area contributed by atoms with Gasteiger partial charge in [0.15, 0.2) is 0 Å². The molecule has 33 heavy (non-hydrogen) atoms. The van der Waals surface area contributed by atoms with Crippen molar-refractivity contribution >= 4 is 5.91 Å². The van der Waals surface area contributed by atoms with Crippen LogP contribution in [0.2, 0.25) is 0 Å². The highest BCUT2D eigenvalue weighted by atomic mass is 16.2. The Morgan fingerprint density at radius 2 is 1.09 bits per heavy atom. The summed E-state index contributed by atoms with van der Waals surface area (Å²) in [5, 5.41) is 3.49. The van der Waals surface area contributed by atoms with Crippen molar-refractivity contribution in [3.8, 4) is 0 Å². The average molecular weight is 457 g/mol. The van der Waals surface area contributed by atoms with E-state index >= 15 is 0 Å². The van der Waals surface area contributed by atoms with E-state index in [1.807, 2.05) is 0 Å². The third kappa shape index (κ3) is 12.4. The molecular weight excluding hydrogens is 404 g/mol. The van der Waals surface area contributed by atoms with Crippen molar-refractivity contribution in [2.75, 3.05) is 13.1 Å². The van der Waals surface area contributed by atoms with E-state index < -0.39 is 0 Å². The normalized spacial score (nSPS) is 20.2. The maximum absolute atomic E-state index is 12.9. The molecule has 1 N–H and O–H groups in total. The summed E-state index contributed by atoms with van der Waals surface area (Å²) < 4.78 is 0. The van der Waals surface area contributed by atoms with E-state index in [-0.39, 0.29) is 0 Å². The number of hydrogen-bond donors (Lipinski definition) is 1. The van der Waals surface area contributed by atoms with E-state index in [4.69, 9.17) is 0 Å². The number of carbonyl (C=O) groups is 1. The average Bonchev–Trinajstić information content (AvgIpc) is 2.78. The molecule has 2 unspecified atom stereocenters. The third-order valence-corrected chi connectivity index (χ3v) is 6.78. The van der Waals surface area contributed by atoms with Crippen molar-refractivity contribution in [3.63, 3.8) is 0 Å². The Morgan fingerprint density at radius 1 is 0.697 bits per heavy atom. The van der Waals surface area contributed by atoms with Crippen LogP contribution in [0.3, 0.4) is 0 Å². The predicted octanol–water partition coefficient (Wildman–Crippen LogP) is 7.90.